The summed E-state index contributed by atoms with van der Waals surface area (Å²) >= 11 is 1.44. The second kappa shape index (κ2) is 9.66. The predicted octanol–water partition coefficient (Wildman–Crippen LogP) is 4.00. The molecular weight excluding hydrogens is 406 g/mol. The molecule has 1 saturated heterocycles. The minimum atomic E-state index is 0.0782. The molecule has 2 aromatic carbocycles. The van der Waals surface area contributed by atoms with Crippen molar-refractivity contribution in [2.75, 3.05) is 32.4 Å². The average molecular weight is 436 g/mol. The van der Waals surface area contributed by atoms with Gasteiger partial charge >= 0.3 is 0 Å². The van der Waals surface area contributed by atoms with Crippen molar-refractivity contribution < 1.29 is 4.79 Å². The highest BCUT2D eigenvalue weighted by Gasteiger charge is 2.30. The lowest BCUT2D eigenvalue weighted by Crippen LogP contribution is -2.49. The van der Waals surface area contributed by atoms with Gasteiger partial charge in [0.1, 0.15) is 6.33 Å². The Morgan fingerprint density at radius 1 is 1.10 bits per heavy atom. The maximum atomic E-state index is 13.2. The van der Waals surface area contributed by atoms with Crippen LogP contribution in [0.2, 0.25) is 0 Å². The Hall–Kier alpha value is -2.64. The van der Waals surface area contributed by atoms with Crippen molar-refractivity contribution in [2.45, 2.75) is 31.0 Å². The molecule has 1 amide bonds. The summed E-state index contributed by atoms with van der Waals surface area (Å²) in [5.41, 5.74) is 3.48. The van der Waals surface area contributed by atoms with Gasteiger partial charge in [0, 0.05) is 25.3 Å². The number of hydrogen-bond donors (Lipinski definition) is 0. The van der Waals surface area contributed by atoms with Gasteiger partial charge in [0.25, 0.3) is 0 Å². The molecule has 2 heterocycles. The molecule has 1 aliphatic heterocycles. The van der Waals surface area contributed by atoms with Crippen LogP contribution in [0.5, 0.6) is 0 Å². The third kappa shape index (κ3) is 4.99. The van der Waals surface area contributed by atoms with Crippen LogP contribution in [0.15, 0.2) is 66.1 Å². The summed E-state index contributed by atoms with van der Waals surface area (Å²) in [5.74, 6) is 0.967. The number of benzene rings is 2. The van der Waals surface area contributed by atoms with Crippen molar-refractivity contribution in [3.8, 4) is 5.69 Å². The van der Waals surface area contributed by atoms with E-state index in [1.165, 1.54) is 22.9 Å². The number of thioether (sulfide) groups is 1. The van der Waals surface area contributed by atoms with Crippen LogP contribution in [0.1, 0.15) is 36.9 Å². The zero-order valence-corrected chi connectivity index (χ0v) is 19.1. The molecule has 0 spiro atoms. The molecule has 3 aromatic rings. The van der Waals surface area contributed by atoms with Gasteiger partial charge in [0.15, 0.2) is 5.16 Å². The fourth-order valence-electron chi connectivity index (χ4n) is 3.91. The van der Waals surface area contributed by atoms with Gasteiger partial charge < -0.3 is 9.80 Å². The van der Waals surface area contributed by atoms with Crippen molar-refractivity contribution in [3.63, 3.8) is 0 Å². The number of piperazine rings is 1. The quantitative estimate of drug-likeness (QED) is 0.548. The number of rotatable bonds is 6. The van der Waals surface area contributed by atoms with Gasteiger partial charge in [0.2, 0.25) is 5.91 Å². The van der Waals surface area contributed by atoms with Crippen LogP contribution in [0.4, 0.5) is 0 Å². The fourth-order valence-corrected chi connectivity index (χ4v) is 4.72. The normalized spacial score (nSPS) is 17.3. The van der Waals surface area contributed by atoms with E-state index in [0.717, 1.165) is 30.5 Å². The first-order valence-electron chi connectivity index (χ1n) is 10.7. The van der Waals surface area contributed by atoms with E-state index < -0.39 is 0 Å². The van der Waals surface area contributed by atoms with Crippen LogP contribution in [0, 0.1) is 0 Å². The monoisotopic (exact) mass is 435 g/mol. The largest absolute Gasteiger partial charge is 0.332 e. The number of aromatic nitrogens is 3. The first-order valence-corrected chi connectivity index (χ1v) is 11.7. The Labute approximate surface area is 188 Å². The Balaban J connectivity index is 1.46. The number of hydrogen-bond acceptors (Lipinski definition) is 5. The lowest BCUT2D eigenvalue weighted by Gasteiger charge is -2.40. The van der Waals surface area contributed by atoms with Gasteiger partial charge in [0.05, 0.1) is 11.8 Å². The molecule has 162 valence electrons. The van der Waals surface area contributed by atoms with Gasteiger partial charge in [-0.1, -0.05) is 68.1 Å². The highest BCUT2D eigenvalue weighted by atomic mass is 32.2. The van der Waals surface area contributed by atoms with Crippen LogP contribution >= 0.6 is 11.8 Å². The van der Waals surface area contributed by atoms with Gasteiger partial charge in [-0.15, -0.1) is 10.2 Å². The molecule has 1 atom stereocenters. The SMILES string of the molecule is CC(C)c1ccc(-n2cnnc2SCC(=O)N2CCN(C)C[C@@H]2c2ccccc2)cc1. The van der Waals surface area contributed by atoms with Crippen molar-refractivity contribution in [1.82, 2.24) is 24.6 Å². The average Bonchev–Trinajstić information content (AvgIpc) is 3.26. The molecule has 0 unspecified atom stereocenters. The Morgan fingerprint density at radius 3 is 2.55 bits per heavy atom. The van der Waals surface area contributed by atoms with E-state index in [2.05, 4.69) is 72.4 Å². The summed E-state index contributed by atoms with van der Waals surface area (Å²) in [6.45, 7) is 6.83. The van der Waals surface area contributed by atoms with E-state index in [0.29, 0.717) is 11.7 Å². The van der Waals surface area contributed by atoms with Gasteiger partial charge in [-0.05, 0) is 36.2 Å². The number of nitrogens with zero attached hydrogens (tertiary/aromatic N) is 5. The van der Waals surface area contributed by atoms with Crippen LogP contribution in [-0.2, 0) is 4.79 Å². The van der Waals surface area contributed by atoms with Crippen LogP contribution in [-0.4, -0.2) is 62.9 Å². The third-order valence-corrected chi connectivity index (χ3v) is 6.70. The van der Waals surface area contributed by atoms with E-state index >= 15 is 0 Å². The molecular formula is C24H29N5OS. The summed E-state index contributed by atoms with van der Waals surface area (Å²) in [4.78, 5) is 17.5. The summed E-state index contributed by atoms with van der Waals surface area (Å²) in [5, 5.41) is 9.07. The molecule has 1 aromatic heterocycles. The molecule has 31 heavy (non-hydrogen) atoms. The second-order valence-corrected chi connectivity index (χ2v) is 9.24. The maximum Gasteiger partial charge on any atom is 0.233 e. The fraction of sp³-hybridized carbons (Fsp3) is 0.375. The van der Waals surface area contributed by atoms with Gasteiger partial charge in [-0.3, -0.25) is 9.36 Å². The summed E-state index contributed by atoms with van der Waals surface area (Å²) in [6.07, 6.45) is 1.71. The maximum absolute atomic E-state index is 13.2. The van der Waals surface area contributed by atoms with E-state index in [1.54, 1.807) is 6.33 Å². The summed E-state index contributed by atoms with van der Waals surface area (Å²) in [6, 6.07) is 18.8. The second-order valence-electron chi connectivity index (χ2n) is 8.29. The Bertz CT molecular complexity index is 1000. The van der Waals surface area contributed by atoms with Crippen LogP contribution < -0.4 is 0 Å². The molecule has 0 N–H and O–H groups in total. The molecule has 0 radical (unpaired) electrons. The molecule has 1 aliphatic rings. The summed E-state index contributed by atoms with van der Waals surface area (Å²) < 4.78 is 1.95. The zero-order chi connectivity index (χ0) is 21.8. The van der Waals surface area contributed by atoms with Crippen molar-refractivity contribution in [2.24, 2.45) is 0 Å². The number of amides is 1. The molecule has 1 fully saturated rings. The number of carbonyl (C=O) groups excluding carboxylic acids is 1. The predicted molar refractivity (Wildman–Crippen MR) is 125 cm³/mol. The Kier molecular flexibility index (Phi) is 6.73. The van der Waals surface area contributed by atoms with Gasteiger partial charge in [-0.2, -0.15) is 0 Å². The number of likely N-dealkylation sites (N-methyl/N-ethyl adjacent to an activating group) is 1. The first-order chi connectivity index (χ1) is 15.0. The highest BCUT2D eigenvalue weighted by molar-refractivity contribution is 7.99. The van der Waals surface area contributed by atoms with E-state index in [-0.39, 0.29) is 11.9 Å². The first kappa shape index (κ1) is 21.6. The van der Waals surface area contributed by atoms with Crippen LogP contribution in [0.3, 0.4) is 0 Å². The van der Waals surface area contributed by atoms with E-state index in [4.69, 9.17) is 0 Å². The molecule has 7 heteroatoms. The standard InChI is InChI=1S/C24H29N5OS/c1-18(2)19-9-11-21(12-10-19)29-17-25-26-24(29)31-16-23(30)28-14-13-27(3)15-22(28)20-7-5-4-6-8-20/h4-12,17-18,22H,13-16H2,1-3H3/t22-/m1/s1. The molecule has 0 saturated carbocycles. The summed E-state index contributed by atoms with van der Waals surface area (Å²) in [7, 11) is 2.11. The Morgan fingerprint density at radius 2 is 1.84 bits per heavy atom. The third-order valence-electron chi connectivity index (χ3n) is 5.77. The minimum Gasteiger partial charge on any atom is -0.332 e. The lowest BCUT2D eigenvalue weighted by atomic mass is 10.0. The molecule has 4 rings (SSSR count). The van der Waals surface area contributed by atoms with Crippen molar-refractivity contribution in [1.29, 1.82) is 0 Å². The highest BCUT2D eigenvalue weighted by Crippen LogP contribution is 2.27. The molecule has 0 bridgehead atoms. The zero-order valence-electron chi connectivity index (χ0n) is 18.3. The molecule has 0 aliphatic carbocycles. The lowest BCUT2D eigenvalue weighted by molar-refractivity contribution is -0.133. The topological polar surface area (TPSA) is 54.3 Å². The van der Waals surface area contributed by atoms with Crippen LogP contribution in [0.25, 0.3) is 5.69 Å². The van der Waals surface area contributed by atoms with Crippen molar-refractivity contribution in [3.05, 3.63) is 72.1 Å². The number of carbonyl (C=O) groups is 1. The van der Waals surface area contributed by atoms with E-state index in [1.807, 2.05) is 27.7 Å². The minimum absolute atomic E-state index is 0.0782. The molecule has 6 nitrogen and oxygen atoms in total. The van der Waals surface area contributed by atoms with Crippen molar-refractivity contribution >= 4 is 17.7 Å². The van der Waals surface area contributed by atoms with E-state index in [9.17, 15) is 4.79 Å². The smallest absolute Gasteiger partial charge is 0.233 e. The van der Waals surface area contributed by atoms with Gasteiger partial charge in [-0.25, -0.2) is 0 Å².